The molecule has 0 spiro atoms. The van der Waals surface area contributed by atoms with Gasteiger partial charge in [-0.15, -0.1) is 0 Å². The van der Waals surface area contributed by atoms with Gasteiger partial charge in [0.1, 0.15) is 5.75 Å². The molecular weight excluding hydrogens is 466 g/mol. The Bertz CT molecular complexity index is 1300. The zero-order valence-corrected chi connectivity index (χ0v) is 20.2. The number of nitrogens with one attached hydrogen (secondary N) is 1. The van der Waals surface area contributed by atoms with Gasteiger partial charge in [-0.1, -0.05) is 59.2 Å². The highest BCUT2D eigenvalue weighted by Crippen LogP contribution is 2.31. The minimum absolute atomic E-state index is 0.0851. The first kappa shape index (κ1) is 24.4. The van der Waals surface area contributed by atoms with Gasteiger partial charge in [-0.25, -0.2) is 0 Å². The molecule has 0 aliphatic carbocycles. The van der Waals surface area contributed by atoms with E-state index in [2.05, 4.69) is 22.4 Å². The Kier molecular flexibility index (Phi) is 7.80. The van der Waals surface area contributed by atoms with Crippen LogP contribution in [-0.4, -0.2) is 27.8 Å². The van der Waals surface area contributed by atoms with Crippen molar-refractivity contribution in [1.29, 1.82) is 0 Å². The monoisotopic (exact) mass is 491 g/mol. The number of halogens is 1. The fourth-order valence-corrected chi connectivity index (χ4v) is 3.71. The molecule has 1 aromatic heterocycles. The van der Waals surface area contributed by atoms with E-state index in [4.69, 9.17) is 26.0 Å². The standard InChI is InChI=1S/C27H26ClN3O4/c1-17-6-11-23(14-18(17)2)34-25(21-4-3-5-22(28)15-21)27-30-26(31-35-27)20-9-7-19(8-10-20)16-29-13-12-24(32)33/h3-11,14-15,25,29H,12-13,16H2,1-2H3,(H,32,33). The molecule has 0 bridgehead atoms. The summed E-state index contributed by atoms with van der Waals surface area (Å²) in [6.07, 6.45) is -0.545. The maximum absolute atomic E-state index is 10.6. The second-order valence-electron chi connectivity index (χ2n) is 8.27. The van der Waals surface area contributed by atoms with Crippen LogP contribution in [0.15, 0.2) is 71.3 Å². The zero-order chi connectivity index (χ0) is 24.8. The second-order valence-corrected chi connectivity index (χ2v) is 8.71. The maximum atomic E-state index is 10.6. The van der Waals surface area contributed by atoms with Gasteiger partial charge >= 0.3 is 5.97 Å². The van der Waals surface area contributed by atoms with Crippen LogP contribution >= 0.6 is 11.6 Å². The molecule has 0 radical (unpaired) electrons. The van der Waals surface area contributed by atoms with Crippen molar-refractivity contribution in [3.8, 4) is 17.1 Å². The molecule has 8 heteroatoms. The van der Waals surface area contributed by atoms with Gasteiger partial charge in [-0.05, 0) is 54.8 Å². The molecule has 0 amide bonds. The number of aryl methyl sites for hydroxylation is 2. The average molecular weight is 492 g/mol. The van der Waals surface area contributed by atoms with Gasteiger partial charge in [0, 0.05) is 29.2 Å². The normalized spacial score (nSPS) is 11.9. The molecule has 7 nitrogen and oxygen atoms in total. The third-order valence-electron chi connectivity index (χ3n) is 5.61. The summed E-state index contributed by atoms with van der Waals surface area (Å²) < 4.78 is 11.9. The van der Waals surface area contributed by atoms with Gasteiger partial charge in [0.2, 0.25) is 11.9 Å². The topological polar surface area (TPSA) is 97.5 Å². The van der Waals surface area contributed by atoms with Crippen molar-refractivity contribution in [2.45, 2.75) is 32.9 Å². The largest absolute Gasteiger partial charge is 0.481 e. The molecule has 1 unspecified atom stereocenters. The lowest BCUT2D eigenvalue weighted by Gasteiger charge is -2.17. The number of aliphatic carboxylic acids is 1. The van der Waals surface area contributed by atoms with Gasteiger partial charge < -0.3 is 19.7 Å². The predicted molar refractivity (Wildman–Crippen MR) is 134 cm³/mol. The summed E-state index contributed by atoms with van der Waals surface area (Å²) in [5.74, 6) is 0.636. The third-order valence-corrected chi connectivity index (χ3v) is 5.84. The predicted octanol–water partition coefficient (Wildman–Crippen LogP) is 5.74. The number of benzene rings is 3. The Labute approximate surface area is 208 Å². The number of carboxylic acid groups (broad SMARTS) is 1. The van der Waals surface area contributed by atoms with Crippen molar-refractivity contribution < 1.29 is 19.2 Å². The van der Waals surface area contributed by atoms with Gasteiger partial charge in [-0.2, -0.15) is 4.98 Å². The number of carboxylic acids is 1. The fourth-order valence-electron chi connectivity index (χ4n) is 3.51. The van der Waals surface area contributed by atoms with Crippen LogP contribution in [0.1, 0.15) is 40.7 Å². The number of hydrogen-bond donors (Lipinski definition) is 2. The smallest absolute Gasteiger partial charge is 0.304 e. The Balaban J connectivity index is 1.54. The molecule has 1 atom stereocenters. The third kappa shape index (κ3) is 6.47. The molecule has 0 aliphatic rings. The number of rotatable bonds is 10. The molecular formula is C27H26ClN3O4. The fraction of sp³-hybridized carbons (Fsp3) is 0.222. The van der Waals surface area contributed by atoms with E-state index in [1.54, 1.807) is 6.07 Å². The van der Waals surface area contributed by atoms with E-state index in [9.17, 15) is 4.79 Å². The highest BCUT2D eigenvalue weighted by molar-refractivity contribution is 6.30. The Morgan fingerprint density at radius 3 is 2.60 bits per heavy atom. The highest BCUT2D eigenvalue weighted by Gasteiger charge is 2.24. The molecule has 0 saturated heterocycles. The van der Waals surface area contributed by atoms with Crippen molar-refractivity contribution in [1.82, 2.24) is 15.5 Å². The van der Waals surface area contributed by atoms with Crippen LogP contribution in [-0.2, 0) is 11.3 Å². The van der Waals surface area contributed by atoms with Gasteiger partial charge in [0.15, 0.2) is 0 Å². The maximum Gasteiger partial charge on any atom is 0.304 e. The van der Waals surface area contributed by atoms with Gasteiger partial charge in [-0.3, -0.25) is 4.79 Å². The van der Waals surface area contributed by atoms with E-state index in [1.807, 2.05) is 67.6 Å². The van der Waals surface area contributed by atoms with Crippen LogP contribution in [0.3, 0.4) is 0 Å². The molecule has 2 N–H and O–H groups in total. The minimum atomic E-state index is -0.821. The van der Waals surface area contributed by atoms with Gasteiger partial charge in [0.05, 0.1) is 6.42 Å². The van der Waals surface area contributed by atoms with Crippen LogP contribution < -0.4 is 10.1 Å². The molecule has 1 heterocycles. The van der Waals surface area contributed by atoms with Crippen LogP contribution in [0.25, 0.3) is 11.4 Å². The van der Waals surface area contributed by atoms with Gasteiger partial charge in [0.25, 0.3) is 5.89 Å². The van der Waals surface area contributed by atoms with Crippen LogP contribution in [0, 0.1) is 13.8 Å². The number of carbonyl (C=O) groups is 1. The van der Waals surface area contributed by atoms with Crippen LogP contribution in [0.5, 0.6) is 5.75 Å². The molecule has 0 aliphatic heterocycles. The first-order valence-electron chi connectivity index (χ1n) is 11.2. The van der Waals surface area contributed by atoms with Crippen LogP contribution in [0.4, 0.5) is 0 Å². The number of ether oxygens (including phenoxy) is 1. The molecule has 4 rings (SSSR count). The zero-order valence-electron chi connectivity index (χ0n) is 19.5. The summed E-state index contributed by atoms with van der Waals surface area (Å²) >= 11 is 6.25. The lowest BCUT2D eigenvalue weighted by atomic mass is 10.1. The first-order valence-corrected chi connectivity index (χ1v) is 11.6. The van der Waals surface area contributed by atoms with Crippen molar-refractivity contribution in [2.24, 2.45) is 0 Å². The molecule has 4 aromatic rings. The number of hydrogen-bond acceptors (Lipinski definition) is 6. The van der Waals surface area contributed by atoms with Crippen LogP contribution in [0.2, 0.25) is 5.02 Å². The summed E-state index contributed by atoms with van der Waals surface area (Å²) in [7, 11) is 0. The van der Waals surface area contributed by atoms with Crippen molar-refractivity contribution >= 4 is 17.6 Å². The minimum Gasteiger partial charge on any atom is -0.481 e. The van der Waals surface area contributed by atoms with Crippen molar-refractivity contribution in [3.05, 3.63) is 99.9 Å². The van der Waals surface area contributed by atoms with E-state index in [0.717, 1.165) is 22.3 Å². The highest BCUT2D eigenvalue weighted by atomic mass is 35.5. The molecule has 35 heavy (non-hydrogen) atoms. The van der Waals surface area contributed by atoms with E-state index in [1.165, 1.54) is 5.56 Å². The molecule has 180 valence electrons. The molecule has 0 fully saturated rings. The lowest BCUT2D eigenvalue weighted by molar-refractivity contribution is -0.136. The Morgan fingerprint density at radius 2 is 1.89 bits per heavy atom. The molecule has 0 saturated carbocycles. The number of nitrogens with zero attached hydrogens (tertiary/aromatic N) is 2. The molecule has 3 aromatic carbocycles. The number of aromatic nitrogens is 2. The Morgan fingerprint density at radius 1 is 1.09 bits per heavy atom. The van der Waals surface area contributed by atoms with E-state index in [-0.39, 0.29) is 6.42 Å². The first-order chi connectivity index (χ1) is 16.9. The summed E-state index contributed by atoms with van der Waals surface area (Å²) in [6, 6.07) is 21.0. The average Bonchev–Trinajstić information content (AvgIpc) is 3.33. The van der Waals surface area contributed by atoms with E-state index in [0.29, 0.717) is 35.6 Å². The second kappa shape index (κ2) is 11.2. The SMILES string of the molecule is Cc1ccc(OC(c2cccc(Cl)c2)c2nc(-c3ccc(CNCCC(=O)O)cc3)no2)cc1C. The summed E-state index contributed by atoms with van der Waals surface area (Å²) in [4.78, 5) is 15.2. The van der Waals surface area contributed by atoms with Crippen molar-refractivity contribution in [3.63, 3.8) is 0 Å². The Hall–Kier alpha value is -3.68. The van der Waals surface area contributed by atoms with E-state index < -0.39 is 12.1 Å². The van der Waals surface area contributed by atoms with Crippen molar-refractivity contribution in [2.75, 3.05) is 6.54 Å². The summed E-state index contributed by atoms with van der Waals surface area (Å²) in [5.41, 5.74) is 4.92. The quantitative estimate of drug-likeness (QED) is 0.273. The summed E-state index contributed by atoms with van der Waals surface area (Å²) in [5, 5.41) is 16.6. The lowest BCUT2D eigenvalue weighted by Crippen LogP contribution is -2.17. The van der Waals surface area contributed by atoms with E-state index >= 15 is 0 Å². The summed E-state index contributed by atoms with van der Waals surface area (Å²) in [6.45, 7) is 5.07.